The topological polar surface area (TPSA) is 102 Å². The van der Waals surface area contributed by atoms with Gasteiger partial charge in [-0.15, -0.1) is 0 Å². The summed E-state index contributed by atoms with van der Waals surface area (Å²) in [7, 11) is 0. The van der Waals surface area contributed by atoms with Gasteiger partial charge in [0.25, 0.3) is 11.5 Å². The first-order chi connectivity index (χ1) is 12.5. The highest BCUT2D eigenvalue weighted by atomic mass is 16.5. The second-order valence-electron chi connectivity index (χ2n) is 5.53. The molecule has 1 atom stereocenters. The average Bonchev–Trinajstić information content (AvgIpc) is 2.64. The zero-order valence-electron chi connectivity index (χ0n) is 14.8. The maximum absolute atomic E-state index is 12.2. The number of hydrogen-bond acceptors (Lipinski definition) is 5. The highest BCUT2D eigenvalue weighted by Crippen LogP contribution is 2.07. The number of benzene rings is 1. The number of carbonyl (C=O) groups is 2. The fourth-order valence-electron chi connectivity index (χ4n) is 2.16. The number of ether oxygens (including phenoxy) is 1. The van der Waals surface area contributed by atoms with Crippen LogP contribution < -0.4 is 20.9 Å². The Balaban J connectivity index is 1.98. The number of hydrogen-bond donors (Lipinski definition) is 2. The van der Waals surface area contributed by atoms with E-state index in [2.05, 4.69) is 15.7 Å². The van der Waals surface area contributed by atoms with Crippen molar-refractivity contribution < 1.29 is 14.3 Å². The minimum atomic E-state index is -0.703. The number of nitrogens with one attached hydrogen (secondary N) is 2. The lowest BCUT2D eigenvalue weighted by atomic mass is 10.3. The highest BCUT2D eigenvalue weighted by molar-refractivity contribution is 5.95. The minimum absolute atomic E-state index is 0.0560. The van der Waals surface area contributed by atoms with E-state index in [4.69, 9.17) is 4.74 Å². The van der Waals surface area contributed by atoms with E-state index >= 15 is 0 Å². The minimum Gasteiger partial charge on any atom is -0.492 e. The van der Waals surface area contributed by atoms with Crippen LogP contribution in [0.4, 0.5) is 0 Å². The monoisotopic (exact) mass is 358 g/mol. The maximum atomic E-state index is 12.2. The lowest BCUT2D eigenvalue weighted by Gasteiger charge is -2.13. The summed E-state index contributed by atoms with van der Waals surface area (Å²) in [6.07, 6.45) is 0. The van der Waals surface area contributed by atoms with Crippen molar-refractivity contribution >= 4 is 11.8 Å². The van der Waals surface area contributed by atoms with Crippen molar-refractivity contribution in [3.05, 3.63) is 58.5 Å². The van der Waals surface area contributed by atoms with Crippen LogP contribution in [0.2, 0.25) is 0 Å². The third-order valence-electron chi connectivity index (χ3n) is 3.51. The summed E-state index contributed by atoms with van der Waals surface area (Å²) in [5, 5.41) is 9.21. The zero-order valence-corrected chi connectivity index (χ0v) is 14.8. The molecule has 0 aliphatic heterocycles. The fourth-order valence-corrected chi connectivity index (χ4v) is 2.16. The summed E-state index contributed by atoms with van der Waals surface area (Å²) in [6, 6.07) is 11.1. The molecule has 0 aliphatic carbocycles. The van der Waals surface area contributed by atoms with Crippen LogP contribution in [0.15, 0.2) is 47.3 Å². The molecule has 8 heteroatoms. The molecule has 0 radical (unpaired) electrons. The molecule has 0 saturated heterocycles. The normalized spacial score (nSPS) is 11.5. The highest BCUT2D eigenvalue weighted by Gasteiger charge is 2.17. The van der Waals surface area contributed by atoms with Crippen molar-refractivity contribution in [2.75, 3.05) is 13.2 Å². The second-order valence-corrected chi connectivity index (χ2v) is 5.53. The molecule has 0 spiro atoms. The number of rotatable bonds is 8. The van der Waals surface area contributed by atoms with Crippen LogP contribution in [0.3, 0.4) is 0 Å². The fraction of sp³-hybridized carbons (Fsp3) is 0.333. The van der Waals surface area contributed by atoms with E-state index in [0.717, 1.165) is 4.68 Å². The van der Waals surface area contributed by atoms with Gasteiger partial charge in [-0.25, -0.2) is 4.68 Å². The number of para-hydroxylation sites is 1. The van der Waals surface area contributed by atoms with Crippen LogP contribution in [-0.2, 0) is 11.3 Å². The summed E-state index contributed by atoms with van der Waals surface area (Å²) in [4.78, 5) is 35.8. The Morgan fingerprint density at radius 3 is 2.62 bits per heavy atom. The molecular weight excluding hydrogens is 336 g/mol. The zero-order chi connectivity index (χ0) is 18.9. The van der Waals surface area contributed by atoms with Gasteiger partial charge in [-0.05, 0) is 32.0 Å². The van der Waals surface area contributed by atoms with E-state index in [-0.39, 0.29) is 30.3 Å². The predicted octanol–water partition coefficient (Wildman–Crippen LogP) is 0.577. The summed E-state index contributed by atoms with van der Waals surface area (Å²) in [6.45, 7) is 4.27. The lowest BCUT2D eigenvalue weighted by molar-refractivity contribution is -0.122. The standard InChI is InChI=1S/C18H22N4O4/c1-3-19-17(24)13(2)20-18(25)15-9-10-16(23)22(21-15)11-12-26-14-7-5-4-6-8-14/h4-10,13H,3,11-12H2,1-2H3,(H,19,24)(H,20,25). The van der Waals surface area contributed by atoms with Crippen LogP contribution in [0.1, 0.15) is 24.3 Å². The van der Waals surface area contributed by atoms with E-state index in [1.54, 1.807) is 13.8 Å². The van der Waals surface area contributed by atoms with Crippen LogP contribution >= 0.6 is 0 Å². The Morgan fingerprint density at radius 1 is 1.19 bits per heavy atom. The van der Waals surface area contributed by atoms with Crippen molar-refractivity contribution in [1.29, 1.82) is 0 Å². The summed E-state index contributed by atoms with van der Waals surface area (Å²) < 4.78 is 6.70. The summed E-state index contributed by atoms with van der Waals surface area (Å²) >= 11 is 0. The van der Waals surface area contributed by atoms with Crippen molar-refractivity contribution in [3.63, 3.8) is 0 Å². The van der Waals surface area contributed by atoms with Gasteiger partial charge in [-0.2, -0.15) is 5.10 Å². The van der Waals surface area contributed by atoms with Crippen LogP contribution in [0.5, 0.6) is 5.75 Å². The van der Waals surface area contributed by atoms with E-state index in [1.807, 2.05) is 30.3 Å². The van der Waals surface area contributed by atoms with Crippen LogP contribution in [-0.4, -0.2) is 40.8 Å². The Kier molecular flexibility index (Phi) is 6.90. The molecule has 2 amide bonds. The molecule has 0 saturated carbocycles. The number of aromatic nitrogens is 2. The number of likely N-dealkylation sites (N-methyl/N-ethyl adjacent to an activating group) is 1. The van der Waals surface area contributed by atoms with Crippen molar-refractivity contribution in [2.45, 2.75) is 26.4 Å². The van der Waals surface area contributed by atoms with Gasteiger partial charge in [0, 0.05) is 12.6 Å². The van der Waals surface area contributed by atoms with Crippen molar-refractivity contribution in [1.82, 2.24) is 20.4 Å². The Labute approximate surface area is 151 Å². The third kappa shape index (κ3) is 5.44. The maximum Gasteiger partial charge on any atom is 0.272 e. The third-order valence-corrected chi connectivity index (χ3v) is 3.51. The first kappa shape index (κ1) is 19.2. The lowest BCUT2D eigenvalue weighted by Crippen LogP contribution is -2.45. The van der Waals surface area contributed by atoms with Gasteiger partial charge in [-0.1, -0.05) is 18.2 Å². The largest absolute Gasteiger partial charge is 0.492 e. The van der Waals surface area contributed by atoms with Gasteiger partial charge < -0.3 is 15.4 Å². The first-order valence-electron chi connectivity index (χ1n) is 8.36. The molecule has 1 heterocycles. The molecular formula is C18H22N4O4. The number of carbonyl (C=O) groups excluding carboxylic acids is 2. The van der Waals surface area contributed by atoms with E-state index in [1.165, 1.54) is 12.1 Å². The van der Waals surface area contributed by atoms with Crippen LogP contribution in [0.25, 0.3) is 0 Å². The second kappa shape index (κ2) is 9.36. The number of amides is 2. The molecule has 1 aromatic carbocycles. The molecule has 138 valence electrons. The van der Waals surface area contributed by atoms with Crippen molar-refractivity contribution in [2.24, 2.45) is 0 Å². The van der Waals surface area contributed by atoms with Gasteiger partial charge in [0.1, 0.15) is 24.1 Å². The Morgan fingerprint density at radius 2 is 1.92 bits per heavy atom. The smallest absolute Gasteiger partial charge is 0.272 e. The van der Waals surface area contributed by atoms with Gasteiger partial charge in [-0.3, -0.25) is 14.4 Å². The predicted molar refractivity (Wildman–Crippen MR) is 96.0 cm³/mol. The first-order valence-corrected chi connectivity index (χ1v) is 8.36. The average molecular weight is 358 g/mol. The molecule has 2 aromatic rings. The van der Waals surface area contributed by atoms with E-state index < -0.39 is 11.9 Å². The van der Waals surface area contributed by atoms with E-state index in [0.29, 0.717) is 12.3 Å². The summed E-state index contributed by atoms with van der Waals surface area (Å²) in [5.41, 5.74) is -0.282. The van der Waals surface area contributed by atoms with Gasteiger partial charge in [0.05, 0.1) is 6.54 Å². The molecule has 0 aliphatic rings. The molecule has 0 bridgehead atoms. The molecule has 2 rings (SSSR count). The quantitative estimate of drug-likeness (QED) is 0.718. The summed E-state index contributed by atoms with van der Waals surface area (Å²) in [5.74, 6) is -0.128. The van der Waals surface area contributed by atoms with Crippen molar-refractivity contribution in [3.8, 4) is 5.75 Å². The Bertz CT molecular complexity index is 804. The Hall–Kier alpha value is -3.16. The number of nitrogens with zero attached hydrogens (tertiary/aromatic N) is 2. The molecule has 8 nitrogen and oxygen atoms in total. The van der Waals surface area contributed by atoms with E-state index in [9.17, 15) is 14.4 Å². The van der Waals surface area contributed by atoms with Gasteiger partial charge in [0.2, 0.25) is 5.91 Å². The van der Waals surface area contributed by atoms with Crippen LogP contribution in [0, 0.1) is 0 Å². The molecule has 2 N–H and O–H groups in total. The van der Waals surface area contributed by atoms with Gasteiger partial charge in [0.15, 0.2) is 0 Å². The molecule has 26 heavy (non-hydrogen) atoms. The molecule has 1 unspecified atom stereocenters. The van der Waals surface area contributed by atoms with Gasteiger partial charge >= 0.3 is 0 Å². The SMILES string of the molecule is CCNC(=O)C(C)NC(=O)c1ccc(=O)n(CCOc2ccccc2)n1. The molecule has 1 aromatic heterocycles. The molecule has 0 fully saturated rings.